The second-order valence-corrected chi connectivity index (χ2v) is 7.32. The molecule has 25 heavy (non-hydrogen) atoms. The molecule has 0 fully saturated rings. The lowest BCUT2D eigenvalue weighted by atomic mass is 10.3. The molecule has 0 aliphatic heterocycles. The van der Waals surface area contributed by atoms with Gasteiger partial charge in [0.2, 0.25) is 10.0 Å². The molecule has 0 amide bonds. The standard InChI is InChI=1S/C16H18N4O4S/c1-13-2-5-15(24-13)12-19(10-11-21)25(22,23)16-6-3-14(4-7-16)20-17-8-9-18-20/h2-9,21H,10-12H2,1H3. The number of nitrogens with zero attached hydrogens (tertiary/aromatic N) is 4. The van der Waals surface area contributed by atoms with Crippen LogP contribution in [0.2, 0.25) is 0 Å². The van der Waals surface area contributed by atoms with Gasteiger partial charge in [-0.3, -0.25) is 0 Å². The zero-order valence-electron chi connectivity index (χ0n) is 13.6. The number of furan rings is 1. The number of aryl methyl sites for hydroxylation is 1. The fourth-order valence-corrected chi connectivity index (χ4v) is 3.79. The molecule has 0 aliphatic carbocycles. The second kappa shape index (κ2) is 7.18. The molecule has 3 rings (SSSR count). The van der Waals surface area contributed by atoms with E-state index in [1.807, 2.05) is 0 Å². The van der Waals surface area contributed by atoms with Gasteiger partial charge in [-0.25, -0.2) is 8.42 Å². The van der Waals surface area contributed by atoms with Crippen molar-refractivity contribution in [3.8, 4) is 5.69 Å². The first kappa shape index (κ1) is 17.3. The fraction of sp³-hybridized carbons (Fsp3) is 0.250. The van der Waals surface area contributed by atoms with Gasteiger partial charge < -0.3 is 9.52 Å². The van der Waals surface area contributed by atoms with E-state index in [9.17, 15) is 13.5 Å². The average molecular weight is 362 g/mol. The number of rotatable bonds is 7. The summed E-state index contributed by atoms with van der Waals surface area (Å²) in [5.74, 6) is 1.22. The number of aliphatic hydroxyl groups excluding tert-OH is 1. The van der Waals surface area contributed by atoms with E-state index in [0.29, 0.717) is 17.2 Å². The van der Waals surface area contributed by atoms with Crippen molar-refractivity contribution >= 4 is 10.0 Å². The number of aromatic nitrogens is 3. The van der Waals surface area contributed by atoms with Gasteiger partial charge in [-0.2, -0.15) is 19.3 Å². The lowest BCUT2D eigenvalue weighted by Gasteiger charge is -2.20. The van der Waals surface area contributed by atoms with Crippen molar-refractivity contribution in [2.45, 2.75) is 18.4 Å². The second-order valence-electron chi connectivity index (χ2n) is 5.39. The lowest BCUT2D eigenvalue weighted by Crippen LogP contribution is -2.33. The molecule has 0 saturated heterocycles. The highest BCUT2D eigenvalue weighted by Crippen LogP contribution is 2.20. The minimum absolute atomic E-state index is 0.0233. The summed E-state index contributed by atoms with van der Waals surface area (Å²) in [5.41, 5.74) is 0.652. The first-order valence-corrected chi connectivity index (χ1v) is 9.08. The monoisotopic (exact) mass is 362 g/mol. The van der Waals surface area contributed by atoms with Gasteiger partial charge in [0.25, 0.3) is 0 Å². The van der Waals surface area contributed by atoms with Gasteiger partial charge in [-0.1, -0.05) is 0 Å². The Bertz CT molecular complexity index is 917. The predicted octanol–water partition coefficient (Wildman–Crippen LogP) is 1.35. The van der Waals surface area contributed by atoms with Gasteiger partial charge in [-0.15, -0.1) is 0 Å². The Labute approximate surface area is 145 Å². The third kappa shape index (κ3) is 3.78. The highest BCUT2D eigenvalue weighted by atomic mass is 32.2. The van der Waals surface area contributed by atoms with Crippen LogP contribution in [-0.2, 0) is 16.6 Å². The molecule has 2 aromatic heterocycles. The van der Waals surface area contributed by atoms with Gasteiger partial charge >= 0.3 is 0 Å². The molecular weight excluding hydrogens is 344 g/mol. The summed E-state index contributed by atoms with van der Waals surface area (Å²) in [6, 6.07) is 9.73. The van der Waals surface area contributed by atoms with E-state index in [-0.39, 0.29) is 24.6 Å². The van der Waals surface area contributed by atoms with Crippen LogP contribution < -0.4 is 0 Å². The van der Waals surface area contributed by atoms with Crippen LogP contribution in [0.15, 0.2) is 58.1 Å². The van der Waals surface area contributed by atoms with Crippen molar-refractivity contribution in [2.24, 2.45) is 0 Å². The van der Waals surface area contributed by atoms with Crippen LogP contribution in [0, 0.1) is 6.92 Å². The number of hydrogen-bond acceptors (Lipinski definition) is 6. The van der Waals surface area contributed by atoms with Gasteiger partial charge in [-0.05, 0) is 43.3 Å². The highest BCUT2D eigenvalue weighted by Gasteiger charge is 2.25. The molecule has 0 aliphatic rings. The SMILES string of the molecule is Cc1ccc(CN(CCO)S(=O)(=O)c2ccc(-n3nccn3)cc2)o1. The third-order valence-corrected chi connectivity index (χ3v) is 5.46. The Morgan fingerprint density at radius 3 is 2.36 bits per heavy atom. The van der Waals surface area contributed by atoms with Crippen molar-refractivity contribution in [1.29, 1.82) is 0 Å². The summed E-state index contributed by atoms with van der Waals surface area (Å²) in [4.78, 5) is 1.52. The highest BCUT2D eigenvalue weighted by molar-refractivity contribution is 7.89. The quantitative estimate of drug-likeness (QED) is 0.681. The Morgan fingerprint density at radius 2 is 1.80 bits per heavy atom. The first-order chi connectivity index (χ1) is 12.0. The molecule has 8 nitrogen and oxygen atoms in total. The van der Waals surface area contributed by atoms with Crippen molar-refractivity contribution < 1.29 is 17.9 Å². The van der Waals surface area contributed by atoms with Crippen molar-refractivity contribution in [3.05, 3.63) is 60.3 Å². The topological polar surface area (TPSA) is 101 Å². The molecule has 0 radical (unpaired) electrons. The summed E-state index contributed by atoms with van der Waals surface area (Å²) < 4.78 is 32.4. The lowest BCUT2D eigenvalue weighted by molar-refractivity contribution is 0.244. The number of benzene rings is 1. The van der Waals surface area contributed by atoms with Crippen molar-refractivity contribution in [2.75, 3.05) is 13.2 Å². The molecule has 0 atom stereocenters. The van der Waals surface area contributed by atoms with E-state index in [1.54, 1.807) is 43.6 Å². The zero-order chi connectivity index (χ0) is 17.9. The summed E-state index contributed by atoms with van der Waals surface area (Å²) >= 11 is 0. The van der Waals surface area contributed by atoms with Crippen LogP contribution in [-0.4, -0.2) is 46.0 Å². The van der Waals surface area contributed by atoms with E-state index in [4.69, 9.17) is 4.42 Å². The summed E-state index contributed by atoms with van der Waals surface area (Å²) in [7, 11) is -3.77. The van der Waals surface area contributed by atoms with Crippen LogP contribution in [0.1, 0.15) is 11.5 Å². The molecule has 9 heteroatoms. The van der Waals surface area contributed by atoms with E-state index in [0.717, 1.165) is 0 Å². The fourth-order valence-electron chi connectivity index (χ4n) is 2.39. The third-order valence-electron chi connectivity index (χ3n) is 3.60. The maximum atomic E-state index is 12.9. The van der Waals surface area contributed by atoms with Crippen LogP contribution in [0.25, 0.3) is 5.69 Å². The molecule has 0 spiro atoms. The normalized spacial score (nSPS) is 12.0. The number of hydrogen-bond donors (Lipinski definition) is 1. The molecular formula is C16H18N4O4S. The Morgan fingerprint density at radius 1 is 1.12 bits per heavy atom. The number of sulfonamides is 1. The van der Waals surface area contributed by atoms with E-state index in [2.05, 4.69) is 10.2 Å². The molecule has 1 aromatic carbocycles. The maximum absolute atomic E-state index is 12.9. The Balaban J connectivity index is 1.86. The summed E-state index contributed by atoms with van der Waals surface area (Å²) in [6.07, 6.45) is 3.08. The van der Waals surface area contributed by atoms with Crippen LogP contribution >= 0.6 is 0 Å². The largest absolute Gasteiger partial charge is 0.465 e. The van der Waals surface area contributed by atoms with Crippen molar-refractivity contribution in [3.63, 3.8) is 0 Å². The number of aliphatic hydroxyl groups is 1. The molecule has 0 unspecified atom stereocenters. The minimum atomic E-state index is -3.77. The molecule has 2 heterocycles. The average Bonchev–Trinajstić information content (AvgIpc) is 3.26. The van der Waals surface area contributed by atoms with Crippen molar-refractivity contribution in [1.82, 2.24) is 19.3 Å². The van der Waals surface area contributed by atoms with Gasteiger partial charge in [0.1, 0.15) is 11.5 Å². The first-order valence-electron chi connectivity index (χ1n) is 7.64. The molecule has 3 aromatic rings. The van der Waals surface area contributed by atoms with E-state index in [1.165, 1.54) is 21.2 Å². The molecule has 0 bridgehead atoms. The van der Waals surface area contributed by atoms with Gasteiger partial charge in [0.15, 0.2) is 0 Å². The van der Waals surface area contributed by atoms with E-state index < -0.39 is 10.0 Å². The predicted molar refractivity (Wildman–Crippen MR) is 89.5 cm³/mol. The van der Waals surface area contributed by atoms with Crippen LogP contribution in [0.3, 0.4) is 0 Å². The smallest absolute Gasteiger partial charge is 0.243 e. The van der Waals surface area contributed by atoms with Gasteiger partial charge in [0.05, 0.1) is 36.1 Å². The molecule has 132 valence electrons. The summed E-state index contributed by atoms with van der Waals surface area (Å²) in [5, 5.41) is 17.2. The van der Waals surface area contributed by atoms with Crippen LogP contribution in [0.5, 0.6) is 0 Å². The van der Waals surface area contributed by atoms with Crippen LogP contribution in [0.4, 0.5) is 0 Å². The zero-order valence-corrected chi connectivity index (χ0v) is 14.4. The van der Waals surface area contributed by atoms with E-state index >= 15 is 0 Å². The van der Waals surface area contributed by atoms with Gasteiger partial charge in [0, 0.05) is 6.54 Å². The molecule has 0 saturated carbocycles. The maximum Gasteiger partial charge on any atom is 0.243 e. The Kier molecular flexibility index (Phi) is 4.98. The molecule has 1 N–H and O–H groups in total. The summed E-state index contributed by atoms with van der Waals surface area (Å²) in [6.45, 7) is 1.54. The Hall–Kier alpha value is -2.49. The minimum Gasteiger partial charge on any atom is -0.465 e.